The van der Waals surface area contributed by atoms with Crippen LogP contribution in [0.25, 0.3) is 0 Å². The molecule has 1 aromatic carbocycles. The SMILES string of the molecule is CC1CCN(C(=O)c2ccc(OC(F)F)cc2)C1CO. The monoisotopic (exact) mass is 285 g/mol. The fourth-order valence-corrected chi connectivity index (χ4v) is 2.48. The highest BCUT2D eigenvalue weighted by Crippen LogP contribution is 2.26. The van der Waals surface area contributed by atoms with Crippen molar-refractivity contribution in [3.8, 4) is 5.75 Å². The molecule has 0 bridgehead atoms. The molecular formula is C14H17F2NO3. The Morgan fingerprint density at radius 2 is 2.10 bits per heavy atom. The number of aliphatic hydroxyl groups excluding tert-OH is 1. The fourth-order valence-electron chi connectivity index (χ4n) is 2.48. The first-order chi connectivity index (χ1) is 9.52. The third kappa shape index (κ3) is 3.07. The van der Waals surface area contributed by atoms with Crippen molar-refractivity contribution < 1.29 is 23.4 Å². The highest BCUT2D eigenvalue weighted by molar-refractivity contribution is 5.94. The van der Waals surface area contributed by atoms with Gasteiger partial charge in [-0.05, 0) is 36.6 Å². The number of amides is 1. The molecule has 6 heteroatoms. The van der Waals surface area contributed by atoms with E-state index in [-0.39, 0.29) is 30.2 Å². The van der Waals surface area contributed by atoms with Crippen LogP contribution >= 0.6 is 0 Å². The van der Waals surface area contributed by atoms with E-state index >= 15 is 0 Å². The second-order valence-electron chi connectivity index (χ2n) is 4.92. The molecule has 20 heavy (non-hydrogen) atoms. The van der Waals surface area contributed by atoms with Crippen molar-refractivity contribution in [1.82, 2.24) is 4.90 Å². The van der Waals surface area contributed by atoms with Crippen molar-refractivity contribution >= 4 is 5.91 Å². The van der Waals surface area contributed by atoms with Gasteiger partial charge in [0.05, 0.1) is 12.6 Å². The zero-order chi connectivity index (χ0) is 14.7. The summed E-state index contributed by atoms with van der Waals surface area (Å²) in [6, 6.07) is 5.41. The summed E-state index contributed by atoms with van der Waals surface area (Å²) < 4.78 is 28.3. The zero-order valence-corrected chi connectivity index (χ0v) is 11.1. The van der Waals surface area contributed by atoms with Gasteiger partial charge in [0.1, 0.15) is 5.75 Å². The maximum Gasteiger partial charge on any atom is 0.387 e. The molecule has 2 atom stereocenters. The number of halogens is 2. The van der Waals surface area contributed by atoms with E-state index in [1.165, 1.54) is 24.3 Å². The van der Waals surface area contributed by atoms with Gasteiger partial charge >= 0.3 is 6.61 Å². The molecule has 0 radical (unpaired) electrons. The van der Waals surface area contributed by atoms with E-state index in [1.807, 2.05) is 6.92 Å². The Hall–Kier alpha value is -1.69. The molecule has 2 unspecified atom stereocenters. The molecule has 0 saturated carbocycles. The number of hydrogen-bond acceptors (Lipinski definition) is 3. The van der Waals surface area contributed by atoms with Gasteiger partial charge in [0.2, 0.25) is 0 Å². The van der Waals surface area contributed by atoms with Crippen LogP contribution in [0, 0.1) is 5.92 Å². The van der Waals surface area contributed by atoms with E-state index in [9.17, 15) is 18.7 Å². The molecule has 1 aromatic rings. The third-order valence-electron chi connectivity index (χ3n) is 3.66. The van der Waals surface area contributed by atoms with E-state index < -0.39 is 6.61 Å². The average Bonchev–Trinajstić information content (AvgIpc) is 2.79. The molecule has 1 saturated heterocycles. The minimum absolute atomic E-state index is 0.0186. The van der Waals surface area contributed by atoms with E-state index in [0.29, 0.717) is 12.1 Å². The van der Waals surface area contributed by atoms with Gasteiger partial charge in [-0.2, -0.15) is 8.78 Å². The zero-order valence-electron chi connectivity index (χ0n) is 11.1. The molecule has 0 spiro atoms. The Morgan fingerprint density at radius 1 is 1.45 bits per heavy atom. The number of rotatable bonds is 4. The Balaban J connectivity index is 2.09. The predicted molar refractivity (Wildman–Crippen MR) is 68.8 cm³/mol. The molecule has 2 rings (SSSR count). The lowest BCUT2D eigenvalue weighted by molar-refractivity contribution is -0.0498. The Bertz CT molecular complexity index is 464. The number of likely N-dealkylation sites (tertiary alicyclic amines) is 1. The smallest absolute Gasteiger partial charge is 0.387 e. The van der Waals surface area contributed by atoms with E-state index in [4.69, 9.17) is 0 Å². The standard InChI is InChI=1S/C14H17F2NO3/c1-9-6-7-17(12(9)8-18)13(19)10-2-4-11(5-3-10)20-14(15)16/h2-5,9,12,14,18H,6-8H2,1H3. The average molecular weight is 285 g/mol. The summed E-state index contributed by atoms with van der Waals surface area (Å²) in [5, 5.41) is 9.35. The van der Waals surface area contributed by atoms with Crippen LogP contribution in [0.4, 0.5) is 8.78 Å². The molecule has 0 aliphatic carbocycles. The minimum Gasteiger partial charge on any atom is -0.435 e. The molecule has 1 N–H and O–H groups in total. The van der Waals surface area contributed by atoms with Gasteiger partial charge in [-0.3, -0.25) is 4.79 Å². The lowest BCUT2D eigenvalue weighted by Crippen LogP contribution is -2.39. The third-order valence-corrected chi connectivity index (χ3v) is 3.66. The van der Waals surface area contributed by atoms with Crippen molar-refractivity contribution in [2.45, 2.75) is 26.0 Å². The highest BCUT2D eigenvalue weighted by atomic mass is 19.3. The lowest BCUT2D eigenvalue weighted by atomic mass is 10.0. The molecule has 1 amide bonds. The van der Waals surface area contributed by atoms with E-state index in [0.717, 1.165) is 6.42 Å². The van der Waals surface area contributed by atoms with Crippen molar-refractivity contribution in [3.63, 3.8) is 0 Å². The van der Waals surface area contributed by atoms with Gasteiger partial charge in [0, 0.05) is 12.1 Å². The number of ether oxygens (including phenoxy) is 1. The van der Waals surface area contributed by atoms with E-state index in [1.54, 1.807) is 4.90 Å². The Morgan fingerprint density at radius 3 is 2.65 bits per heavy atom. The molecule has 1 heterocycles. The number of aliphatic hydroxyl groups is 1. The Labute approximate surface area is 116 Å². The van der Waals surface area contributed by atoms with Gasteiger partial charge < -0.3 is 14.7 Å². The Kier molecular flexibility index (Phi) is 4.54. The summed E-state index contributed by atoms with van der Waals surface area (Å²) in [6.07, 6.45) is 0.851. The molecule has 1 aliphatic rings. The topological polar surface area (TPSA) is 49.8 Å². The van der Waals surface area contributed by atoms with Crippen molar-refractivity contribution in [3.05, 3.63) is 29.8 Å². The van der Waals surface area contributed by atoms with Gasteiger partial charge in [-0.15, -0.1) is 0 Å². The number of nitrogens with zero attached hydrogens (tertiary/aromatic N) is 1. The molecule has 110 valence electrons. The summed E-state index contributed by atoms with van der Waals surface area (Å²) in [4.78, 5) is 14.0. The van der Waals surface area contributed by atoms with Crippen molar-refractivity contribution in [2.75, 3.05) is 13.2 Å². The van der Waals surface area contributed by atoms with Crippen LogP contribution in [0.1, 0.15) is 23.7 Å². The number of carbonyl (C=O) groups excluding carboxylic acids is 1. The molecule has 4 nitrogen and oxygen atoms in total. The maximum absolute atomic E-state index is 12.3. The summed E-state index contributed by atoms with van der Waals surface area (Å²) in [5.74, 6) is 0.0763. The van der Waals surface area contributed by atoms with Gasteiger partial charge in [0.15, 0.2) is 0 Å². The van der Waals surface area contributed by atoms with Crippen LogP contribution in [-0.4, -0.2) is 41.7 Å². The van der Waals surface area contributed by atoms with Crippen molar-refractivity contribution in [2.24, 2.45) is 5.92 Å². The minimum atomic E-state index is -2.88. The molecular weight excluding hydrogens is 268 g/mol. The number of carbonyl (C=O) groups is 1. The van der Waals surface area contributed by atoms with Gasteiger partial charge in [-0.1, -0.05) is 6.92 Å². The maximum atomic E-state index is 12.3. The van der Waals surface area contributed by atoms with Crippen LogP contribution < -0.4 is 4.74 Å². The van der Waals surface area contributed by atoms with Crippen LogP contribution in [0.15, 0.2) is 24.3 Å². The highest BCUT2D eigenvalue weighted by Gasteiger charge is 2.34. The molecule has 1 fully saturated rings. The predicted octanol–water partition coefficient (Wildman–Crippen LogP) is 2.13. The quantitative estimate of drug-likeness (QED) is 0.922. The van der Waals surface area contributed by atoms with Crippen molar-refractivity contribution in [1.29, 1.82) is 0 Å². The number of benzene rings is 1. The lowest BCUT2D eigenvalue weighted by Gasteiger charge is -2.25. The fraction of sp³-hybridized carbons (Fsp3) is 0.500. The van der Waals surface area contributed by atoms with Crippen LogP contribution in [-0.2, 0) is 0 Å². The van der Waals surface area contributed by atoms with Crippen LogP contribution in [0.2, 0.25) is 0 Å². The number of hydrogen-bond donors (Lipinski definition) is 1. The van der Waals surface area contributed by atoms with Crippen LogP contribution in [0.5, 0.6) is 5.75 Å². The molecule has 1 aliphatic heterocycles. The second-order valence-corrected chi connectivity index (χ2v) is 4.92. The second kappa shape index (κ2) is 6.17. The summed E-state index contributed by atoms with van der Waals surface area (Å²) in [6.45, 7) is -0.358. The summed E-state index contributed by atoms with van der Waals surface area (Å²) in [7, 11) is 0. The first-order valence-corrected chi connectivity index (χ1v) is 6.49. The first-order valence-electron chi connectivity index (χ1n) is 6.49. The summed E-state index contributed by atoms with van der Waals surface area (Å²) >= 11 is 0. The number of alkyl halides is 2. The van der Waals surface area contributed by atoms with Gasteiger partial charge in [0.25, 0.3) is 5.91 Å². The van der Waals surface area contributed by atoms with E-state index in [2.05, 4.69) is 4.74 Å². The normalized spacial score (nSPS) is 22.4. The summed E-state index contributed by atoms with van der Waals surface area (Å²) in [5.41, 5.74) is 0.402. The first kappa shape index (κ1) is 14.7. The van der Waals surface area contributed by atoms with Crippen LogP contribution in [0.3, 0.4) is 0 Å². The van der Waals surface area contributed by atoms with Gasteiger partial charge in [-0.25, -0.2) is 0 Å². The largest absolute Gasteiger partial charge is 0.435 e. The molecule has 0 aromatic heterocycles.